The summed E-state index contributed by atoms with van der Waals surface area (Å²) in [6.07, 6.45) is 1.48. The van der Waals surface area contributed by atoms with Crippen molar-refractivity contribution in [1.82, 2.24) is 20.2 Å². The summed E-state index contributed by atoms with van der Waals surface area (Å²) >= 11 is 1.55. The molecule has 0 aliphatic heterocycles. The van der Waals surface area contributed by atoms with Crippen molar-refractivity contribution in [3.8, 4) is 10.8 Å². The van der Waals surface area contributed by atoms with Gasteiger partial charge >= 0.3 is 0 Å². The van der Waals surface area contributed by atoms with Crippen molar-refractivity contribution in [3.05, 3.63) is 17.4 Å². The van der Waals surface area contributed by atoms with E-state index in [2.05, 4.69) is 34.0 Å². The van der Waals surface area contributed by atoms with Gasteiger partial charge < -0.3 is 5.73 Å². The Morgan fingerprint density at radius 2 is 2.33 bits per heavy atom. The van der Waals surface area contributed by atoms with Crippen LogP contribution in [0.1, 0.15) is 19.5 Å². The minimum atomic E-state index is -0.0885. The summed E-state index contributed by atoms with van der Waals surface area (Å²) in [5.41, 5.74) is 6.61. The fraction of sp³-hybridized carbons (Fsp3) is 0.444. The molecule has 0 amide bonds. The number of nitrogens with one attached hydrogen (secondary N) is 1. The molecule has 3 N–H and O–H groups in total. The summed E-state index contributed by atoms with van der Waals surface area (Å²) in [5, 5.41) is 9.46. The molecule has 2 aromatic rings. The second kappa shape index (κ2) is 3.71. The van der Waals surface area contributed by atoms with E-state index < -0.39 is 0 Å². The number of nitrogens with two attached hydrogens (primary N) is 1. The van der Waals surface area contributed by atoms with E-state index in [0.717, 1.165) is 10.7 Å². The van der Waals surface area contributed by atoms with E-state index in [-0.39, 0.29) is 5.41 Å². The lowest BCUT2D eigenvalue weighted by Crippen LogP contribution is -2.28. The van der Waals surface area contributed by atoms with Gasteiger partial charge in [0.2, 0.25) is 0 Å². The molecule has 0 saturated carbocycles. The van der Waals surface area contributed by atoms with Crippen LogP contribution in [0.3, 0.4) is 0 Å². The topological polar surface area (TPSA) is 80.5 Å². The van der Waals surface area contributed by atoms with E-state index in [0.29, 0.717) is 12.4 Å². The van der Waals surface area contributed by atoms with Crippen LogP contribution in [-0.4, -0.2) is 26.7 Å². The molecule has 5 nitrogen and oxygen atoms in total. The van der Waals surface area contributed by atoms with Gasteiger partial charge in [-0.25, -0.2) is 9.97 Å². The Bertz CT molecular complexity index is 431. The first-order chi connectivity index (χ1) is 7.13. The van der Waals surface area contributed by atoms with Crippen LogP contribution in [0.5, 0.6) is 0 Å². The van der Waals surface area contributed by atoms with E-state index in [1.54, 1.807) is 11.3 Å². The molecular formula is C9H13N5S. The molecule has 0 unspecified atom stereocenters. The molecule has 0 aromatic carbocycles. The van der Waals surface area contributed by atoms with Gasteiger partial charge in [-0.15, -0.1) is 11.3 Å². The largest absolute Gasteiger partial charge is 0.330 e. The van der Waals surface area contributed by atoms with Crippen LogP contribution in [-0.2, 0) is 5.41 Å². The zero-order chi connectivity index (χ0) is 10.9. The van der Waals surface area contributed by atoms with Crippen LogP contribution in [0.15, 0.2) is 11.7 Å². The lowest BCUT2D eigenvalue weighted by atomic mass is 9.90. The Balaban J connectivity index is 2.33. The maximum absolute atomic E-state index is 5.70. The van der Waals surface area contributed by atoms with Crippen molar-refractivity contribution < 1.29 is 0 Å². The molecule has 0 fully saturated rings. The number of H-pyrrole nitrogens is 1. The van der Waals surface area contributed by atoms with E-state index in [9.17, 15) is 0 Å². The van der Waals surface area contributed by atoms with E-state index in [1.165, 1.54) is 6.33 Å². The fourth-order valence-electron chi connectivity index (χ4n) is 1.11. The van der Waals surface area contributed by atoms with E-state index in [1.807, 2.05) is 5.38 Å². The predicted molar refractivity (Wildman–Crippen MR) is 59.6 cm³/mol. The molecule has 2 rings (SSSR count). The number of hydrogen-bond donors (Lipinski definition) is 2. The number of nitrogens with zero attached hydrogens (tertiary/aromatic N) is 3. The number of rotatable bonds is 3. The van der Waals surface area contributed by atoms with E-state index >= 15 is 0 Å². The summed E-state index contributed by atoms with van der Waals surface area (Å²) in [6.45, 7) is 4.73. The zero-order valence-corrected chi connectivity index (χ0v) is 9.51. The highest BCUT2D eigenvalue weighted by molar-refractivity contribution is 7.13. The van der Waals surface area contributed by atoms with Crippen LogP contribution in [0.4, 0.5) is 0 Å². The molecule has 0 saturated heterocycles. The molecular weight excluding hydrogens is 210 g/mol. The van der Waals surface area contributed by atoms with E-state index in [4.69, 9.17) is 5.73 Å². The highest BCUT2D eigenvalue weighted by atomic mass is 32.1. The van der Waals surface area contributed by atoms with Crippen molar-refractivity contribution in [2.24, 2.45) is 5.73 Å². The third kappa shape index (κ3) is 1.91. The Hall–Kier alpha value is -1.27. The van der Waals surface area contributed by atoms with Crippen LogP contribution in [0, 0.1) is 0 Å². The summed E-state index contributed by atoms with van der Waals surface area (Å²) in [6, 6.07) is 0. The van der Waals surface area contributed by atoms with Gasteiger partial charge in [-0.3, -0.25) is 5.10 Å². The Labute approximate surface area is 91.8 Å². The maximum Gasteiger partial charge on any atom is 0.184 e. The molecule has 2 aromatic heterocycles. The SMILES string of the molecule is CC(C)(CN)c1csc(-c2ncn[nH]2)n1. The lowest BCUT2D eigenvalue weighted by Gasteiger charge is -2.19. The number of hydrogen-bond acceptors (Lipinski definition) is 5. The van der Waals surface area contributed by atoms with Crippen molar-refractivity contribution in [3.63, 3.8) is 0 Å². The summed E-state index contributed by atoms with van der Waals surface area (Å²) in [4.78, 5) is 8.56. The molecule has 2 heterocycles. The molecule has 0 atom stereocenters. The smallest absolute Gasteiger partial charge is 0.184 e. The van der Waals surface area contributed by atoms with Crippen molar-refractivity contribution in [2.75, 3.05) is 6.54 Å². The van der Waals surface area contributed by atoms with Gasteiger partial charge in [-0.1, -0.05) is 13.8 Å². The van der Waals surface area contributed by atoms with Crippen molar-refractivity contribution in [1.29, 1.82) is 0 Å². The summed E-state index contributed by atoms with van der Waals surface area (Å²) < 4.78 is 0. The zero-order valence-electron chi connectivity index (χ0n) is 8.69. The van der Waals surface area contributed by atoms with Crippen LogP contribution < -0.4 is 5.73 Å². The average Bonchev–Trinajstić information content (AvgIpc) is 2.88. The highest BCUT2D eigenvalue weighted by Gasteiger charge is 2.22. The third-order valence-corrected chi connectivity index (χ3v) is 3.17. The van der Waals surface area contributed by atoms with Gasteiger partial charge in [0.1, 0.15) is 6.33 Å². The van der Waals surface area contributed by atoms with Crippen LogP contribution in [0.25, 0.3) is 10.8 Å². The molecule has 80 valence electrons. The first-order valence-corrected chi connectivity index (χ1v) is 5.53. The first kappa shape index (κ1) is 10.3. The normalized spacial score (nSPS) is 11.9. The van der Waals surface area contributed by atoms with Gasteiger partial charge in [0.25, 0.3) is 0 Å². The Morgan fingerprint density at radius 1 is 1.53 bits per heavy atom. The highest BCUT2D eigenvalue weighted by Crippen LogP contribution is 2.27. The second-order valence-electron chi connectivity index (χ2n) is 3.96. The minimum absolute atomic E-state index is 0.0885. The summed E-state index contributed by atoms with van der Waals surface area (Å²) in [7, 11) is 0. The van der Waals surface area contributed by atoms with Crippen molar-refractivity contribution >= 4 is 11.3 Å². The molecule has 15 heavy (non-hydrogen) atoms. The quantitative estimate of drug-likeness (QED) is 0.818. The first-order valence-electron chi connectivity index (χ1n) is 4.65. The van der Waals surface area contributed by atoms with Gasteiger partial charge in [-0.05, 0) is 0 Å². The molecule has 0 bridgehead atoms. The second-order valence-corrected chi connectivity index (χ2v) is 4.82. The minimum Gasteiger partial charge on any atom is -0.330 e. The molecule has 0 aliphatic carbocycles. The lowest BCUT2D eigenvalue weighted by molar-refractivity contribution is 0.525. The molecule has 0 spiro atoms. The Kier molecular flexibility index (Phi) is 2.54. The monoisotopic (exact) mass is 223 g/mol. The van der Waals surface area contributed by atoms with Crippen LogP contribution in [0.2, 0.25) is 0 Å². The van der Waals surface area contributed by atoms with Gasteiger partial charge in [0.15, 0.2) is 10.8 Å². The summed E-state index contributed by atoms with van der Waals surface area (Å²) in [5.74, 6) is 0.707. The van der Waals surface area contributed by atoms with Crippen LogP contribution >= 0.6 is 11.3 Å². The van der Waals surface area contributed by atoms with Gasteiger partial charge in [-0.2, -0.15) is 5.10 Å². The molecule has 6 heteroatoms. The maximum atomic E-state index is 5.70. The number of thiazole rings is 1. The molecule has 0 radical (unpaired) electrons. The van der Waals surface area contributed by atoms with Gasteiger partial charge in [0, 0.05) is 17.3 Å². The number of aromatic amines is 1. The van der Waals surface area contributed by atoms with Crippen molar-refractivity contribution in [2.45, 2.75) is 19.3 Å². The van der Waals surface area contributed by atoms with Gasteiger partial charge in [0.05, 0.1) is 5.69 Å². The standard InChI is InChI=1S/C9H13N5S/c1-9(2,4-10)6-3-15-8(13-6)7-11-5-12-14-7/h3,5H,4,10H2,1-2H3,(H,11,12,14). The Morgan fingerprint density at radius 3 is 2.93 bits per heavy atom. The molecule has 0 aliphatic rings. The predicted octanol–water partition coefficient (Wildman–Crippen LogP) is 1.16. The third-order valence-electron chi connectivity index (χ3n) is 2.33. The average molecular weight is 223 g/mol. The number of aromatic nitrogens is 4. The fourth-order valence-corrected chi connectivity index (χ4v) is 2.06.